The third kappa shape index (κ3) is 3.04. The Hall–Kier alpha value is -3.93. The Bertz CT molecular complexity index is 1200. The molecule has 0 aliphatic heterocycles. The Morgan fingerprint density at radius 1 is 0.741 bits per heavy atom. The molecule has 0 radical (unpaired) electrons. The Kier molecular flexibility index (Phi) is 4.14. The lowest BCUT2D eigenvalue weighted by Gasteiger charge is -2.12. The standard InChI is InChI=1S/C21H15N3O3/c25-16-12-10-14(11-13-16)22-23-19-20(26)17-8-4-5-9-18(17)24(21(19)27)15-6-2-1-3-7-15/h1-13,25-26H. The lowest BCUT2D eigenvalue weighted by Crippen LogP contribution is -2.18. The van der Waals surface area contributed by atoms with Crippen molar-refractivity contribution in [3.63, 3.8) is 0 Å². The molecule has 3 aromatic carbocycles. The van der Waals surface area contributed by atoms with E-state index >= 15 is 0 Å². The molecule has 0 spiro atoms. The zero-order valence-corrected chi connectivity index (χ0v) is 14.1. The molecule has 0 unspecified atom stereocenters. The van der Waals surface area contributed by atoms with E-state index in [2.05, 4.69) is 10.2 Å². The second-order valence-corrected chi connectivity index (χ2v) is 5.91. The molecule has 4 aromatic rings. The van der Waals surface area contributed by atoms with Crippen LogP contribution in [0.25, 0.3) is 16.6 Å². The number of aromatic hydroxyl groups is 2. The fourth-order valence-corrected chi connectivity index (χ4v) is 2.86. The summed E-state index contributed by atoms with van der Waals surface area (Å²) in [5.41, 5.74) is 1.08. The van der Waals surface area contributed by atoms with Crippen molar-refractivity contribution >= 4 is 22.3 Å². The number of nitrogens with zero attached hydrogens (tertiary/aromatic N) is 3. The van der Waals surface area contributed by atoms with Gasteiger partial charge in [0.15, 0.2) is 11.4 Å². The van der Waals surface area contributed by atoms with Crippen molar-refractivity contribution in [3.05, 3.63) is 89.2 Å². The highest BCUT2D eigenvalue weighted by molar-refractivity contribution is 5.90. The SMILES string of the molecule is O=c1c(N=Nc2ccc(O)cc2)c(O)c2ccccc2n1-c1ccccc1. The fourth-order valence-electron chi connectivity index (χ4n) is 2.86. The molecule has 0 saturated heterocycles. The van der Waals surface area contributed by atoms with Crippen LogP contribution in [0.2, 0.25) is 0 Å². The van der Waals surface area contributed by atoms with Crippen molar-refractivity contribution in [1.29, 1.82) is 0 Å². The zero-order valence-electron chi connectivity index (χ0n) is 14.1. The van der Waals surface area contributed by atoms with Crippen molar-refractivity contribution < 1.29 is 10.2 Å². The van der Waals surface area contributed by atoms with Crippen molar-refractivity contribution in [2.75, 3.05) is 0 Å². The number of hydrogen-bond acceptors (Lipinski definition) is 5. The van der Waals surface area contributed by atoms with Gasteiger partial charge in [-0.05, 0) is 48.5 Å². The number of aromatic nitrogens is 1. The van der Waals surface area contributed by atoms with Crippen molar-refractivity contribution in [2.45, 2.75) is 0 Å². The van der Waals surface area contributed by atoms with Gasteiger partial charge in [0.1, 0.15) is 5.75 Å². The van der Waals surface area contributed by atoms with E-state index in [0.717, 1.165) is 0 Å². The summed E-state index contributed by atoms with van der Waals surface area (Å²) < 4.78 is 1.50. The number of phenols is 1. The minimum absolute atomic E-state index is 0.105. The topological polar surface area (TPSA) is 87.2 Å². The van der Waals surface area contributed by atoms with Crippen molar-refractivity contribution in [2.24, 2.45) is 10.2 Å². The molecule has 6 nitrogen and oxygen atoms in total. The molecule has 0 saturated carbocycles. The van der Waals surface area contributed by atoms with Gasteiger partial charge in [0.2, 0.25) is 0 Å². The van der Waals surface area contributed by atoms with Crippen LogP contribution in [0.3, 0.4) is 0 Å². The number of rotatable bonds is 3. The smallest absolute Gasteiger partial charge is 0.287 e. The molecule has 0 aliphatic rings. The second-order valence-electron chi connectivity index (χ2n) is 5.91. The van der Waals surface area contributed by atoms with Crippen LogP contribution in [0.4, 0.5) is 11.4 Å². The molecule has 2 N–H and O–H groups in total. The summed E-state index contributed by atoms with van der Waals surface area (Å²) in [6.07, 6.45) is 0. The largest absolute Gasteiger partial charge is 0.508 e. The minimum Gasteiger partial charge on any atom is -0.508 e. The summed E-state index contributed by atoms with van der Waals surface area (Å²) in [6, 6.07) is 22.3. The predicted molar refractivity (Wildman–Crippen MR) is 103 cm³/mol. The van der Waals surface area contributed by atoms with E-state index in [1.54, 1.807) is 36.4 Å². The van der Waals surface area contributed by atoms with Crippen LogP contribution in [-0.2, 0) is 0 Å². The maximum atomic E-state index is 13.1. The molecule has 0 amide bonds. The summed E-state index contributed by atoms with van der Waals surface area (Å²) in [5, 5.41) is 28.5. The first-order valence-corrected chi connectivity index (χ1v) is 8.28. The van der Waals surface area contributed by atoms with Gasteiger partial charge in [0, 0.05) is 11.1 Å². The van der Waals surface area contributed by atoms with Gasteiger partial charge in [-0.15, -0.1) is 5.11 Å². The average molecular weight is 357 g/mol. The molecule has 0 aliphatic carbocycles. The maximum absolute atomic E-state index is 13.1. The summed E-state index contributed by atoms with van der Waals surface area (Å²) >= 11 is 0. The Labute approximate surface area is 154 Å². The van der Waals surface area contributed by atoms with Gasteiger partial charge in [0.25, 0.3) is 5.56 Å². The second kappa shape index (κ2) is 6.76. The lowest BCUT2D eigenvalue weighted by molar-refractivity contribution is 0.475. The molecule has 0 atom stereocenters. The number of hydrogen-bond donors (Lipinski definition) is 2. The van der Waals surface area contributed by atoms with Gasteiger partial charge in [-0.2, -0.15) is 5.11 Å². The van der Waals surface area contributed by atoms with Gasteiger partial charge in [0.05, 0.1) is 11.2 Å². The summed E-state index contributed by atoms with van der Waals surface area (Å²) in [4.78, 5) is 13.1. The van der Waals surface area contributed by atoms with E-state index in [9.17, 15) is 15.0 Å². The zero-order chi connectivity index (χ0) is 18.8. The highest BCUT2D eigenvalue weighted by Gasteiger charge is 2.17. The Balaban J connectivity index is 1.96. The maximum Gasteiger partial charge on any atom is 0.287 e. The van der Waals surface area contributed by atoms with Crippen molar-refractivity contribution in [1.82, 2.24) is 4.57 Å². The molecule has 4 rings (SSSR count). The van der Waals surface area contributed by atoms with E-state index in [0.29, 0.717) is 22.3 Å². The fraction of sp³-hybridized carbons (Fsp3) is 0. The van der Waals surface area contributed by atoms with Gasteiger partial charge in [-0.1, -0.05) is 30.3 Å². The normalized spacial score (nSPS) is 11.3. The number of phenolic OH excluding ortho intramolecular Hbond substituents is 1. The van der Waals surface area contributed by atoms with E-state index < -0.39 is 5.56 Å². The Morgan fingerprint density at radius 3 is 2.15 bits per heavy atom. The van der Waals surface area contributed by atoms with E-state index in [1.165, 1.54) is 16.7 Å². The summed E-state index contributed by atoms with van der Waals surface area (Å²) in [5.74, 6) is -0.112. The number of azo groups is 1. The van der Waals surface area contributed by atoms with E-state index in [-0.39, 0.29) is 17.2 Å². The molecule has 6 heteroatoms. The number of para-hydroxylation sites is 2. The quantitative estimate of drug-likeness (QED) is 0.515. The van der Waals surface area contributed by atoms with Gasteiger partial charge < -0.3 is 10.2 Å². The van der Waals surface area contributed by atoms with Crippen LogP contribution >= 0.6 is 0 Å². The highest BCUT2D eigenvalue weighted by Crippen LogP contribution is 2.33. The van der Waals surface area contributed by atoms with Crippen LogP contribution in [-0.4, -0.2) is 14.8 Å². The van der Waals surface area contributed by atoms with Crippen LogP contribution in [0.5, 0.6) is 11.5 Å². The molecule has 0 fully saturated rings. The molecule has 27 heavy (non-hydrogen) atoms. The monoisotopic (exact) mass is 357 g/mol. The number of fused-ring (bicyclic) bond motifs is 1. The molecular formula is C21H15N3O3. The molecular weight excluding hydrogens is 342 g/mol. The van der Waals surface area contributed by atoms with Crippen LogP contribution < -0.4 is 5.56 Å². The van der Waals surface area contributed by atoms with E-state index in [1.807, 2.05) is 30.3 Å². The van der Waals surface area contributed by atoms with E-state index in [4.69, 9.17) is 0 Å². The first-order valence-electron chi connectivity index (χ1n) is 8.28. The van der Waals surface area contributed by atoms with Crippen LogP contribution in [0.15, 0.2) is 93.9 Å². The van der Waals surface area contributed by atoms with Gasteiger partial charge in [-0.3, -0.25) is 9.36 Å². The molecule has 1 aromatic heterocycles. The molecule has 1 heterocycles. The molecule has 0 bridgehead atoms. The third-order valence-corrected chi connectivity index (χ3v) is 4.16. The predicted octanol–water partition coefficient (Wildman–Crippen LogP) is 4.82. The first-order chi connectivity index (χ1) is 13.1. The number of pyridine rings is 1. The highest BCUT2D eigenvalue weighted by atomic mass is 16.3. The first kappa shape index (κ1) is 16.5. The van der Waals surface area contributed by atoms with Crippen LogP contribution in [0, 0.1) is 0 Å². The minimum atomic E-state index is -0.472. The molecule has 132 valence electrons. The van der Waals surface area contributed by atoms with Gasteiger partial charge in [-0.25, -0.2) is 0 Å². The summed E-state index contributed by atoms with van der Waals surface area (Å²) in [6.45, 7) is 0. The van der Waals surface area contributed by atoms with Crippen molar-refractivity contribution in [3.8, 4) is 17.2 Å². The number of benzene rings is 3. The van der Waals surface area contributed by atoms with Gasteiger partial charge >= 0.3 is 0 Å². The lowest BCUT2D eigenvalue weighted by atomic mass is 10.1. The summed E-state index contributed by atoms with van der Waals surface area (Å²) in [7, 11) is 0. The Morgan fingerprint density at radius 2 is 1.41 bits per heavy atom. The average Bonchev–Trinajstić information content (AvgIpc) is 2.70. The third-order valence-electron chi connectivity index (χ3n) is 4.16. The van der Waals surface area contributed by atoms with Crippen LogP contribution in [0.1, 0.15) is 0 Å².